The number of carbonyl (C=O) groups is 2. The first kappa shape index (κ1) is 18.9. The van der Waals surface area contributed by atoms with Crippen molar-refractivity contribution in [2.24, 2.45) is 5.92 Å². The summed E-state index contributed by atoms with van der Waals surface area (Å²) in [7, 11) is 1.57. The molecule has 9 heteroatoms. The minimum atomic E-state index is -4.46. The Hall–Kier alpha value is -2.45. The van der Waals surface area contributed by atoms with Crippen molar-refractivity contribution in [3.63, 3.8) is 0 Å². The standard InChI is InChI=1S/C16H20F3N3O3/c1-20-14(23)11-6-8-22(9-7-11)15(24)21-12-4-2-3-5-13(12)25-10-16(17,18)19/h2-5,11H,6-10H2,1H3,(H,20,23)(H,21,24). The normalized spacial score (nSPS) is 15.6. The first-order chi connectivity index (χ1) is 11.8. The zero-order valence-corrected chi connectivity index (χ0v) is 13.7. The number of hydrogen-bond donors (Lipinski definition) is 2. The molecule has 3 amide bonds. The van der Waals surface area contributed by atoms with Gasteiger partial charge in [0.15, 0.2) is 6.61 Å². The maximum absolute atomic E-state index is 12.3. The van der Waals surface area contributed by atoms with Gasteiger partial charge in [-0.1, -0.05) is 12.1 Å². The molecule has 0 unspecified atom stereocenters. The number of para-hydroxylation sites is 2. The fraction of sp³-hybridized carbons (Fsp3) is 0.500. The Bertz CT molecular complexity index is 614. The number of rotatable bonds is 4. The first-order valence-electron chi connectivity index (χ1n) is 7.86. The molecule has 0 atom stereocenters. The monoisotopic (exact) mass is 359 g/mol. The molecule has 1 saturated heterocycles. The number of nitrogens with zero attached hydrogens (tertiary/aromatic N) is 1. The summed E-state index contributed by atoms with van der Waals surface area (Å²) in [4.78, 5) is 25.4. The summed E-state index contributed by atoms with van der Waals surface area (Å²) in [5.41, 5.74) is 0.171. The summed E-state index contributed by atoms with van der Waals surface area (Å²) >= 11 is 0. The van der Waals surface area contributed by atoms with Gasteiger partial charge in [-0.15, -0.1) is 0 Å². The molecule has 0 radical (unpaired) electrons. The number of piperidine rings is 1. The number of ether oxygens (including phenoxy) is 1. The molecule has 1 aliphatic heterocycles. The van der Waals surface area contributed by atoms with Crippen molar-refractivity contribution in [1.29, 1.82) is 0 Å². The highest BCUT2D eigenvalue weighted by Crippen LogP contribution is 2.27. The van der Waals surface area contributed by atoms with Gasteiger partial charge >= 0.3 is 12.2 Å². The lowest BCUT2D eigenvalue weighted by atomic mass is 9.96. The van der Waals surface area contributed by atoms with E-state index in [0.717, 1.165) is 0 Å². The van der Waals surface area contributed by atoms with Crippen LogP contribution in [0.2, 0.25) is 0 Å². The molecule has 1 aromatic rings. The van der Waals surface area contributed by atoms with E-state index < -0.39 is 18.8 Å². The van der Waals surface area contributed by atoms with E-state index in [9.17, 15) is 22.8 Å². The molecule has 0 bridgehead atoms. The lowest BCUT2D eigenvalue weighted by Crippen LogP contribution is -2.44. The average Bonchev–Trinajstić information content (AvgIpc) is 2.59. The van der Waals surface area contributed by atoms with Crippen molar-refractivity contribution in [2.75, 3.05) is 32.1 Å². The van der Waals surface area contributed by atoms with Crippen molar-refractivity contribution in [1.82, 2.24) is 10.2 Å². The van der Waals surface area contributed by atoms with E-state index >= 15 is 0 Å². The lowest BCUT2D eigenvalue weighted by Gasteiger charge is -2.31. The molecule has 1 fully saturated rings. The minimum Gasteiger partial charge on any atom is -0.482 e. The van der Waals surface area contributed by atoms with E-state index in [1.54, 1.807) is 13.1 Å². The Morgan fingerprint density at radius 3 is 2.48 bits per heavy atom. The van der Waals surface area contributed by atoms with Gasteiger partial charge in [0.05, 0.1) is 5.69 Å². The van der Waals surface area contributed by atoms with Crippen molar-refractivity contribution < 1.29 is 27.5 Å². The van der Waals surface area contributed by atoms with Gasteiger partial charge in [0.2, 0.25) is 5.91 Å². The largest absolute Gasteiger partial charge is 0.482 e. The number of alkyl halides is 3. The van der Waals surface area contributed by atoms with Crippen molar-refractivity contribution in [3.8, 4) is 5.75 Å². The second-order valence-corrected chi connectivity index (χ2v) is 5.71. The highest BCUT2D eigenvalue weighted by molar-refractivity contribution is 5.91. The van der Waals surface area contributed by atoms with Crippen LogP contribution in [0.3, 0.4) is 0 Å². The highest BCUT2D eigenvalue weighted by Gasteiger charge is 2.29. The predicted octanol–water partition coefficient (Wildman–Crippen LogP) is 2.62. The van der Waals surface area contributed by atoms with E-state index in [1.165, 1.54) is 23.1 Å². The molecule has 0 aromatic heterocycles. The van der Waals surface area contributed by atoms with Crippen molar-refractivity contribution >= 4 is 17.6 Å². The third kappa shape index (κ3) is 5.54. The quantitative estimate of drug-likeness (QED) is 0.868. The fourth-order valence-electron chi connectivity index (χ4n) is 2.60. The summed E-state index contributed by atoms with van der Waals surface area (Å²) in [5, 5.41) is 5.15. The van der Waals surface area contributed by atoms with E-state index in [1.807, 2.05) is 0 Å². The third-order valence-corrected chi connectivity index (χ3v) is 3.92. The Balaban J connectivity index is 1.94. The summed E-state index contributed by atoms with van der Waals surface area (Å²) in [6.07, 6.45) is -3.38. The molecule has 25 heavy (non-hydrogen) atoms. The smallest absolute Gasteiger partial charge is 0.422 e. The molecular formula is C16H20F3N3O3. The topological polar surface area (TPSA) is 70.7 Å². The Labute approximate surface area is 143 Å². The first-order valence-corrected chi connectivity index (χ1v) is 7.86. The van der Waals surface area contributed by atoms with Crippen LogP contribution in [0.5, 0.6) is 5.75 Å². The predicted molar refractivity (Wildman–Crippen MR) is 85.4 cm³/mol. The lowest BCUT2D eigenvalue weighted by molar-refractivity contribution is -0.153. The molecule has 0 saturated carbocycles. The zero-order valence-electron chi connectivity index (χ0n) is 13.7. The van der Waals surface area contributed by atoms with E-state index in [2.05, 4.69) is 10.6 Å². The number of likely N-dealkylation sites (tertiary alicyclic amines) is 1. The summed E-state index contributed by atoms with van der Waals surface area (Å²) < 4.78 is 41.7. The van der Waals surface area contributed by atoms with Crippen LogP contribution in [-0.4, -0.2) is 49.8 Å². The van der Waals surface area contributed by atoms with Gasteiger partial charge in [-0.05, 0) is 25.0 Å². The SMILES string of the molecule is CNC(=O)C1CCN(C(=O)Nc2ccccc2OCC(F)(F)F)CC1. The van der Waals surface area contributed by atoms with Gasteiger partial charge in [0, 0.05) is 26.1 Å². The second kappa shape index (κ2) is 8.09. The molecular weight excluding hydrogens is 339 g/mol. The van der Waals surface area contributed by atoms with Gasteiger partial charge in [-0.2, -0.15) is 13.2 Å². The molecule has 0 aliphatic carbocycles. The third-order valence-electron chi connectivity index (χ3n) is 3.92. The molecule has 1 aliphatic rings. The van der Waals surface area contributed by atoms with Crippen LogP contribution in [0.15, 0.2) is 24.3 Å². The van der Waals surface area contributed by atoms with E-state index in [-0.39, 0.29) is 23.3 Å². The number of nitrogens with one attached hydrogen (secondary N) is 2. The maximum Gasteiger partial charge on any atom is 0.422 e. The van der Waals surface area contributed by atoms with Crippen molar-refractivity contribution in [2.45, 2.75) is 19.0 Å². The Morgan fingerprint density at radius 2 is 1.88 bits per heavy atom. The summed E-state index contributed by atoms with van der Waals surface area (Å²) in [6.45, 7) is -0.637. The summed E-state index contributed by atoms with van der Waals surface area (Å²) in [6, 6.07) is 5.52. The van der Waals surface area contributed by atoms with Crippen LogP contribution < -0.4 is 15.4 Å². The van der Waals surface area contributed by atoms with E-state index in [0.29, 0.717) is 25.9 Å². The van der Waals surface area contributed by atoms with E-state index in [4.69, 9.17) is 4.74 Å². The highest BCUT2D eigenvalue weighted by atomic mass is 19.4. The van der Waals surface area contributed by atoms with Gasteiger partial charge in [0.25, 0.3) is 0 Å². The zero-order chi connectivity index (χ0) is 18.4. The number of amides is 3. The molecule has 2 rings (SSSR count). The van der Waals surface area contributed by atoms with Crippen LogP contribution in [-0.2, 0) is 4.79 Å². The minimum absolute atomic E-state index is 0.0478. The Morgan fingerprint density at radius 1 is 1.24 bits per heavy atom. The fourth-order valence-corrected chi connectivity index (χ4v) is 2.60. The number of anilines is 1. The number of benzene rings is 1. The molecule has 6 nitrogen and oxygen atoms in total. The van der Waals surface area contributed by atoms with Crippen LogP contribution >= 0.6 is 0 Å². The molecule has 2 N–H and O–H groups in total. The number of carbonyl (C=O) groups excluding carboxylic acids is 2. The number of urea groups is 1. The van der Waals surface area contributed by atoms with Crippen LogP contribution in [0, 0.1) is 5.92 Å². The molecule has 1 aromatic carbocycles. The second-order valence-electron chi connectivity index (χ2n) is 5.71. The van der Waals surface area contributed by atoms with Crippen LogP contribution in [0.1, 0.15) is 12.8 Å². The number of hydrogen-bond acceptors (Lipinski definition) is 3. The van der Waals surface area contributed by atoms with Gasteiger partial charge in [0.1, 0.15) is 5.75 Å². The van der Waals surface area contributed by atoms with Crippen LogP contribution in [0.25, 0.3) is 0 Å². The van der Waals surface area contributed by atoms with Crippen molar-refractivity contribution in [3.05, 3.63) is 24.3 Å². The van der Waals surface area contributed by atoms with Crippen LogP contribution in [0.4, 0.5) is 23.7 Å². The average molecular weight is 359 g/mol. The molecule has 0 spiro atoms. The number of halogens is 3. The van der Waals surface area contributed by atoms with Gasteiger partial charge < -0.3 is 20.3 Å². The molecule has 138 valence electrons. The summed E-state index contributed by atoms with van der Waals surface area (Å²) in [5.74, 6) is -0.226. The van der Waals surface area contributed by atoms with Gasteiger partial charge in [-0.3, -0.25) is 4.79 Å². The maximum atomic E-state index is 12.3. The Kier molecular flexibility index (Phi) is 6.11. The molecule has 1 heterocycles. The van der Waals surface area contributed by atoms with Gasteiger partial charge in [-0.25, -0.2) is 4.79 Å².